The average Bonchev–Trinajstić information content (AvgIpc) is 2.24. The van der Waals surface area contributed by atoms with Crippen molar-refractivity contribution in [2.45, 2.75) is 26.3 Å². The minimum atomic E-state index is -0.406. The SMILES string of the molecule is CC(C)(C)NC(=O)NCCOc1ccccc1F. The van der Waals surface area contributed by atoms with Gasteiger partial charge in [-0.3, -0.25) is 0 Å². The van der Waals surface area contributed by atoms with E-state index >= 15 is 0 Å². The van der Waals surface area contributed by atoms with Gasteiger partial charge >= 0.3 is 6.03 Å². The van der Waals surface area contributed by atoms with Crippen molar-refractivity contribution in [3.63, 3.8) is 0 Å². The molecule has 0 spiro atoms. The summed E-state index contributed by atoms with van der Waals surface area (Å²) in [6, 6.07) is 5.90. The van der Waals surface area contributed by atoms with Crippen LogP contribution in [-0.4, -0.2) is 24.7 Å². The molecule has 4 nitrogen and oxygen atoms in total. The van der Waals surface area contributed by atoms with Crippen molar-refractivity contribution >= 4 is 6.03 Å². The second-order valence-corrected chi connectivity index (χ2v) is 4.91. The van der Waals surface area contributed by atoms with Crippen LogP contribution in [-0.2, 0) is 0 Å². The topological polar surface area (TPSA) is 50.4 Å². The summed E-state index contributed by atoms with van der Waals surface area (Å²) in [7, 11) is 0. The fraction of sp³-hybridized carbons (Fsp3) is 0.462. The molecule has 1 rings (SSSR count). The molecule has 0 fully saturated rings. The first-order valence-electron chi connectivity index (χ1n) is 5.82. The Bertz CT molecular complexity index is 402. The highest BCUT2D eigenvalue weighted by molar-refractivity contribution is 5.74. The van der Waals surface area contributed by atoms with Gasteiger partial charge in [0, 0.05) is 5.54 Å². The number of urea groups is 1. The molecule has 1 aromatic rings. The number of hydrogen-bond acceptors (Lipinski definition) is 2. The number of benzene rings is 1. The van der Waals surface area contributed by atoms with Crippen molar-refractivity contribution in [3.05, 3.63) is 30.1 Å². The number of hydrogen-bond donors (Lipinski definition) is 2. The minimum Gasteiger partial charge on any atom is -0.489 e. The van der Waals surface area contributed by atoms with Gasteiger partial charge in [-0.25, -0.2) is 9.18 Å². The van der Waals surface area contributed by atoms with Gasteiger partial charge in [-0.05, 0) is 32.9 Å². The van der Waals surface area contributed by atoms with E-state index in [1.54, 1.807) is 18.2 Å². The van der Waals surface area contributed by atoms with E-state index in [1.807, 2.05) is 20.8 Å². The molecular weight excluding hydrogens is 235 g/mol. The van der Waals surface area contributed by atoms with Crippen molar-refractivity contribution in [1.82, 2.24) is 10.6 Å². The van der Waals surface area contributed by atoms with Gasteiger partial charge < -0.3 is 15.4 Å². The van der Waals surface area contributed by atoms with E-state index < -0.39 is 5.82 Å². The van der Waals surface area contributed by atoms with Gasteiger partial charge in [-0.1, -0.05) is 12.1 Å². The number of para-hydroxylation sites is 1. The summed E-state index contributed by atoms with van der Waals surface area (Å²) >= 11 is 0. The standard InChI is InChI=1S/C13H19FN2O2/c1-13(2,3)16-12(17)15-8-9-18-11-7-5-4-6-10(11)14/h4-7H,8-9H2,1-3H3,(H2,15,16,17). The third-order valence-electron chi connectivity index (χ3n) is 1.97. The predicted octanol–water partition coefficient (Wildman–Crippen LogP) is 2.30. The van der Waals surface area contributed by atoms with E-state index in [0.29, 0.717) is 6.54 Å². The van der Waals surface area contributed by atoms with Crippen molar-refractivity contribution in [2.24, 2.45) is 0 Å². The van der Waals surface area contributed by atoms with E-state index in [0.717, 1.165) is 0 Å². The van der Waals surface area contributed by atoms with Crippen LogP contribution in [0.5, 0.6) is 5.75 Å². The van der Waals surface area contributed by atoms with Gasteiger partial charge in [0.25, 0.3) is 0 Å². The fourth-order valence-corrected chi connectivity index (χ4v) is 1.27. The average molecular weight is 254 g/mol. The lowest BCUT2D eigenvalue weighted by atomic mass is 10.1. The van der Waals surface area contributed by atoms with Gasteiger partial charge in [0.1, 0.15) is 6.61 Å². The molecule has 0 aromatic heterocycles. The molecule has 0 aliphatic rings. The zero-order valence-electron chi connectivity index (χ0n) is 10.9. The maximum Gasteiger partial charge on any atom is 0.315 e. The zero-order valence-corrected chi connectivity index (χ0v) is 10.9. The van der Waals surface area contributed by atoms with E-state index in [4.69, 9.17) is 4.74 Å². The van der Waals surface area contributed by atoms with Crippen molar-refractivity contribution in [2.75, 3.05) is 13.2 Å². The number of nitrogens with one attached hydrogen (secondary N) is 2. The largest absolute Gasteiger partial charge is 0.489 e. The Morgan fingerprint density at radius 1 is 1.33 bits per heavy atom. The molecule has 0 bridgehead atoms. The van der Waals surface area contributed by atoms with Crippen LogP contribution >= 0.6 is 0 Å². The van der Waals surface area contributed by atoms with Crippen molar-refractivity contribution < 1.29 is 13.9 Å². The molecule has 0 unspecified atom stereocenters. The Morgan fingerprint density at radius 3 is 2.61 bits per heavy atom. The first-order valence-corrected chi connectivity index (χ1v) is 5.82. The van der Waals surface area contributed by atoms with Crippen LogP contribution in [0.3, 0.4) is 0 Å². The van der Waals surface area contributed by atoms with Crippen LogP contribution in [0.4, 0.5) is 9.18 Å². The van der Waals surface area contributed by atoms with E-state index in [-0.39, 0.29) is 23.9 Å². The van der Waals surface area contributed by atoms with Crippen LogP contribution in [0.2, 0.25) is 0 Å². The molecule has 2 amide bonds. The number of rotatable bonds is 4. The van der Waals surface area contributed by atoms with Crippen LogP contribution in [0.1, 0.15) is 20.8 Å². The van der Waals surface area contributed by atoms with Gasteiger partial charge in [0.15, 0.2) is 11.6 Å². The van der Waals surface area contributed by atoms with Crippen LogP contribution in [0.25, 0.3) is 0 Å². The molecule has 18 heavy (non-hydrogen) atoms. The Morgan fingerprint density at radius 2 is 2.00 bits per heavy atom. The lowest BCUT2D eigenvalue weighted by Crippen LogP contribution is -2.47. The van der Waals surface area contributed by atoms with Crippen LogP contribution < -0.4 is 15.4 Å². The second-order valence-electron chi connectivity index (χ2n) is 4.91. The molecule has 0 saturated heterocycles. The first kappa shape index (κ1) is 14.3. The monoisotopic (exact) mass is 254 g/mol. The normalized spacial score (nSPS) is 10.9. The molecule has 1 aromatic carbocycles. The Kier molecular flexibility index (Phi) is 4.95. The summed E-state index contributed by atoms with van der Waals surface area (Å²) in [5, 5.41) is 5.38. The number of ether oxygens (including phenoxy) is 1. The zero-order chi connectivity index (χ0) is 13.6. The summed E-state index contributed by atoms with van der Waals surface area (Å²) in [5.74, 6) is -0.216. The maximum atomic E-state index is 13.2. The highest BCUT2D eigenvalue weighted by atomic mass is 19.1. The number of amides is 2. The highest BCUT2D eigenvalue weighted by Gasteiger charge is 2.12. The minimum absolute atomic E-state index is 0.190. The quantitative estimate of drug-likeness (QED) is 0.810. The van der Waals surface area contributed by atoms with Gasteiger partial charge in [-0.15, -0.1) is 0 Å². The van der Waals surface area contributed by atoms with E-state index in [2.05, 4.69) is 10.6 Å². The summed E-state index contributed by atoms with van der Waals surface area (Å²) < 4.78 is 18.4. The predicted molar refractivity (Wildman–Crippen MR) is 68.2 cm³/mol. The van der Waals surface area contributed by atoms with E-state index in [9.17, 15) is 9.18 Å². The Balaban J connectivity index is 2.23. The number of carbonyl (C=O) groups is 1. The molecule has 5 heteroatoms. The smallest absolute Gasteiger partial charge is 0.315 e. The molecule has 0 aliphatic heterocycles. The second kappa shape index (κ2) is 6.23. The molecule has 0 saturated carbocycles. The first-order chi connectivity index (χ1) is 8.38. The molecule has 2 N–H and O–H groups in total. The lowest BCUT2D eigenvalue weighted by Gasteiger charge is -2.20. The third-order valence-corrected chi connectivity index (χ3v) is 1.97. The van der Waals surface area contributed by atoms with Crippen molar-refractivity contribution in [1.29, 1.82) is 0 Å². The van der Waals surface area contributed by atoms with Crippen molar-refractivity contribution in [3.8, 4) is 5.75 Å². The Hall–Kier alpha value is -1.78. The third kappa shape index (κ3) is 5.52. The maximum absolute atomic E-state index is 13.2. The molecule has 100 valence electrons. The van der Waals surface area contributed by atoms with Gasteiger partial charge in [0.2, 0.25) is 0 Å². The summed E-state index contributed by atoms with van der Waals surface area (Å²) in [5.41, 5.74) is -0.281. The Labute approximate surface area is 107 Å². The number of carbonyl (C=O) groups excluding carboxylic acids is 1. The lowest BCUT2D eigenvalue weighted by molar-refractivity contribution is 0.227. The fourth-order valence-electron chi connectivity index (χ4n) is 1.27. The molecule has 0 heterocycles. The van der Waals surface area contributed by atoms with Crippen LogP contribution in [0.15, 0.2) is 24.3 Å². The molecule has 0 atom stereocenters. The summed E-state index contributed by atoms with van der Waals surface area (Å²) in [6.07, 6.45) is 0. The highest BCUT2D eigenvalue weighted by Crippen LogP contribution is 2.14. The number of halogens is 1. The van der Waals surface area contributed by atoms with Gasteiger partial charge in [0.05, 0.1) is 6.54 Å². The van der Waals surface area contributed by atoms with Gasteiger partial charge in [-0.2, -0.15) is 0 Å². The molecule has 0 aliphatic carbocycles. The molecular formula is C13H19FN2O2. The summed E-state index contributed by atoms with van der Waals surface area (Å²) in [6.45, 7) is 6.21. The van der Waals surface area contributed by atoms with Crippen LogP contribution in [0, 0.1) is 5.82 Å². The summed E-state index contributed by atoms with van der Waals surface area (Å²) in [4.78, 5) is 11.4. The molecule has 0 radical (unpaired) electrons. The van der Waals surface area contributed by atoms with E-state index in [1.165, 1.54) is 6.07 Å².